The summed E-state index contributed by atoms with van der Waals surface area (Å²) < 4.78 is 1.16. The number of nitrogens with zero attached hydrogens (tertiary/aromatic N) is 1. The molecule has 0 fully saturated rings. The average Bonchev–Trinajstić information content (AvgIpc) is 3.10. The van der Waals surface area contributed by atoms with Gasteiger partial charge < -0.3 is 4.98 Å². The molecule has 2 aliphatic rings. The van der Waals surface area contributed by atoms with E-state index in [1.807, 2.05) is 0 Å². The summed E-state index contributed by atoms with van der Waals surface area (Å²) >= 11 is 3.60. The Morgan fingerprint density at radius 2 is 1.96 bits per heavy atom. The molecule has 3 heteroatoms. The number of hydrogen-bond donors (Lipinski definition) is 1. The number of aromatic nitrogens is 1. The Hall–Kier alpha value is -1.84. The molecule has 3 aromatic rings. The molecular weight excluding hydrogens is 408 g/mol. The van der Waals surface area contributed by atoms with Gasteiger partial charge in [-0.05, 0) is 73.4 Å². The lowest BCUT2D eigenvalue weighted by Gasteiger charge is -2.29. The molecule has 0 saturated heterocycles. The zero-order chi connectivity index (χ0) is 18.9. The third kappa shape index (κ3) is 3.70. The van der Waals surface area contributed by atoms with Gasteiger partial charge in [0.1, 0.15) is 0 Å². The van der Waals surface area contributed by atoms with Gasteiger partial charge in [0, 0.05) is 34.2 Å². The van der Waals surface area contributed by atoms with Crippen LogP contribution < -0.4 is 0 Å². The van der Waals surface area contributed by atoms with Gasteiger partial charge in [-0.2, -0.15) is 0 Å². The van der Waals surface area contributed by atoms with E-state index in [4.69, 9.17) is 0 Å². The third-order valence-corrected chi connectivity index (χ3v) is 7.04. The topological polar surface area (TPSA) is 19.0 Å². The molecule has 0 radical (unpaired) electrons. The van der Waals surface area contributed by atoms with Gasteiger partial charge in [0.15, 0.2) is 0 Å². The lowest BCUT2D eigenvalue weighted by atomic mass is 9.84. The first-order valence-electron chi connectivity index (χ1n) is 10.5. The molecule has 1 aliphatic carbocycles. The number of fused-ring (bicyclic) bond motifs is 3. The van der Waals surface area contributed by atoms with Crippen LogP contribution in [0.1, 0.15) is 36.1 Å². The van der Waals surface area contributed by atoms with Gasteiger partial charge in [-0.25, -0.2) is 0 Å². The molecule has 1 aliphatic heterocycles. The summed E-state index contributed by atoms with van der Waals surface area (Å²) in [5.74, 6) is 0.814. The quantitative estimate of drug-likeness (QED) is 0.516. The minimum atomic E-state index is 0.814. The minimum Gasteiger partial charge on any atom is -0.358 e. The molecule has 1 aromatic heterocycles. The van der Waals surface area contributed by atoms with Crippen LogP contribution in [-0.2, 0) is 12.8 Å². The number of rotatable bonds is 4. The van der Waals surface area contributed by atoms with E-state index in [0.717, 1.165) is 16.9 Å². The number of H-pyrrole nitrogens is 1. The Morgan fingerprint density at radius 1 is 1.07 bits per heavy atom. The third-order valence-electron chi connectivity index (χ3n) is 6.54. The summed E-state index contributed by atoms with van der Waals surface area (Å²) in [7, 11) is 0. The summed E-state index contributed by atoms with van der Waals surface area (Å²) in [6, 6.07) is 17.5. The predicted octanol–water partition coefficient (Wildman–Crippen LogP) is 6.21. The lowest BCUT2D eigenvalue weighted by molar-refractivity contribution is 0.265. The standard InChI is InChI=1S/C25H27BrN2/c26-21-7-8-22-23-16-18(6-9-24(23)27-25(22)17-21)10-13-28-14-11-20(12-15-28)19-4-2-1-3-5-19/h1-5,7-8,11,17-18,27H,6,9-10,12-16H2. The van der Waals surface area contributed by atoms with Gasteiger partial charge >= 0.3 is 0 Å². The molecule has 1 unspecified atom stereocenters. The van der Waals surface area contributed by atoms with Gasteiger partial charge in [-0.1, -0.05) is 58.4 Å². The Bertz CT molecular complexity index is 1000. The second-order valence-electron chi connectivity index (χ2n) is 8.32. The van der Waals surface area contributed by atoms with E-state index in [-0.39, 0.29) is 0 Å². The fraction of sp³-hybridized carbons (Fsp3) is 0.360. The van der Waals surface area contributed by atoms with Crippen molar-refractivity contribution in [3.63, 3.8) is 0 Å². The fourth-order valence-corrected chi connectivity index (χ4v) is 5.27. The van der Waals surface area contributed by atoms with E-state index in [2.05, 4.69) is 80.4 Å². The molecule has 0 spiro atoms. The second kappa shape index (κ2) is 7.88. The first-order chi connectivity index (χ1) is 13.8. The predicted molar refractivity (Wildman–Crippen MR) is 122 cm³/mol. The smallest absolute Gasteiger partial charge is 0.0470 e. The van der Waals surface area contributed by atoms with E-state index < -0.39 is 0 Å². The van der Waals surface area contributed by atoms with Crippen LogP contribution in [0.2, 0.25) is 0 Å². The van der Waals surface area contributed by atoms with Gasteiger partial charge in [0.05, 0.1) is 0 Å². The van der Waals surface area contributed by atoms with Crippen LogP contribution in [0.3, 0.4) is 0 Å². The molecule has 1 atom stereocenters. The molecule has 2 heterocycles. The highest BCUT2D eigenvalue weighted by atomic mass is 79.9. The van der Waals surface area contributed by atoms with Crippen molar-refractivity contribution in [2.45, 2.75) is 32.1 Å². The Kier molecular flexibility index (Phi) is 5.13. The van der Waals surface area contributed by atoms with E-state index in [9.17, 15) is 0 Å². The number of halogens is 1. The Morgan fingerprint density at radius 3 is 2.79 bits per heavy atom. The molecule has 2 aromatic carbocycles. The maximum absolute atomic E-state index is 3.66. The largest absolute Gasteiger partial charge is 0.358 e. The first kappa shape index (κ1) is 18.2. The summed E-state index contributed by atoms with van der Waals surface area (Å²) in [5.41, 5.74) is 7.24. The van der Waals surface area contributed by atoms with E-state index in [1.165, 1.54) is 72.9 Å². The summed E-state index contributed by atoms with van der Waals surface area (Å²) in [6.07, 6.45) is 8.68. The number of aromatic amines is 1. The number of benzene rings is 2. The molecule has 0 saturated carbocycles. The lowest BCUT2D eigenvalue weighted by Crippen LogP contribution is -2.31. The van der Waals surface area contributed by atoms with Gasteiger partial charge in [-0.3, -0.25) is 4.90 Å². The van der Waals surface area contributed by atoms with Crippen molar-refractivity contribution in [2.24, 2.45) is 5.92 Å². The van der Waals surface area contributed by atoms with E-state index in [1.54, 1.807) is 5.56 Å². The van der Waals surface area contributed by atoms with Crippen LogP contribution in [0, 0.1) is 5.92 Å². The second-order valence-corrected chi connectivity index (χ2v) is 9.23. The number of nitrogens with one attached hydrogen (secondary N) is 1. The van der Waals surface area contributed by atoms with Gasteiger partial charge in [0.2, 0.25) is 0 Å². The van der Waals surface area contributed by atoms with Crippen LogP contribution in [0.4, 0.5) is 0 Å². The van der Waals surface area contributed by atoms with Gasteiger partial charge in [0.25, 0.3) is 0 Å². The van der Waals surface area contributed by atoms with Crippen molar-refractivity contribution in [1.82, 2.24) is 9.88 Å². The molecule has 2 nitrogen and oxygen atoms in total. The molecular formula is C25H27BrN2. The number of aryl methyl sites for hydroxylation is 1. The minimum absolute atomic E-state index is 0.814. The zero-order valence-electron chi connectivity index (χ0n) is 16.3. The summed E-state index contributed by atoms with van der Waals surface area (Å²) in [4.78, 5) is 6.29. The van der Waals surface area contributed by atoms with Crippen LogP contribution in [0.25, 0.3) is 16.5 Å². The Balaban J connectivity index is 1.20. The van der Waals surface area contributed by atoms with Crippen molar-refractivity contribution >= 4 is 32.4 Å². The zero-order valence-corrected chi connectivity index (χ0v) is 17.8. The molecule has 5 rings (SSSR count). The molecule has 28 heavy (non-hydrogen) atoms. The molecule has 144 valence electrons. The molecule has 0 amide bonds. The monoisotopic (exact) mass is 434 g/mol. The fourth-order valence-electron chi connectivity index (χ4n) is 4.91. The van der Waals surface area contributed by atoms with Crippen molar-refractivity contribution in [2.75, 3.05) is 19.6 Å². The van der Waals surface area contributed by atoms with Crippen LogP contribution in [0.5, 0.6) is 0 Å². The maximum Gasteiger partial charge on any atom is 0.0470 e. The highest BCUT2D eigenvalue weighted by molar-refractivity contribution is 9.10. The van der Waals surface area contributed by atoms with Crippen LogP contribution in [0.15, 0.2) is 59.1 Å². The summed E-state index contributed by atoms with van der Waals surface area (Å²) in [5, 5.41) is 1.43. The molecule has 1 N–H and O–H groups in total. The molecule has 0 bridgehead atoms. The van der Waals surface area contributed by atoms with Crippen LogP contribution >= 0.6 is 15.9 Å². The highest BCUT2D eigenvalue weighted by Gasteiger charge is 2.23. The van der Waals surface area contributed by atoms with E-state index in [0.29, 0.717) is 0 Å². The van der Waals surface area contributed by atoms with Crippen LogP contribution in [-0.4, -0.2) is 29.5 Å². The van der Waals surface area contributed by atoms with E-state index >= 15 is 0 Å². The van der Waals surface area contributed by atoms with Crippen molar-refractivity contribution in [1.29, 1.82) is 0 Å². The highest BCUT2D eigenvalue weighted by Crippen LogP contribution is 2.34. The Labute approximate surface area is 175 Å². The van der Waals surface area contributed by atoms with Crippen molar-refractivity contribution in [3.8, 4) is 0 Å². The number of hydrogen-bond acceptors (Lipinski definition) is 1. The first-order valence-corrected chi connectivity index (χ1v) is 11.3. The average molecular weight is 435 g/mol. The maximum atomic E-state index is 3.66. The van der Waals surface area contributed by atoms with Crippen molar-refractivity contribution < 1.29 is 0 Å². The normalized spacial score (nSPS) is 20.2. The van der Waals surface area contributed by atoms with Crippen molar-refractivity contribution in [3.05, 3.63) is 75.9 Å². The summed E-state index contributed by atoms with van der Waals surface area (Å²) in [6.45, 7) is 3.52. The van der Waals surface area contributed by atoms with Gasteiger partial charge in [-0.15, -0.1) is 0 Å². The SMILES string of the molecule is Brc1ccc2c3c([nH]c2c1)CCC(CCN1CC=C(c2ccccc2)CC1)C3.